The first kappa shape index (κ1) is 59.1. The van der Waals surface area contributed by atoms with Crippen LogP contribution in [0.15, 0.2) is 60.8 Å². The van der Waals surface area contributed by atoms with E-state index >= 15 is 0 Å². The number of rotatable bonds is 47. The highest BCUT2D eigenvalue weighted by Gasteiger charge is 2.19. The highest BCUT2D eigenvalue weighted by atomic mass is 16.6. The summed E-state index contributed by atoms with van der Waals surface area (Å²) in [7, 11) is 0. The first-order chi connectivity index (χ1) is 30.5. The van der Waals surface area contributed by atoms with Crippen molar-refractivity contribution in [2.75, 3.05) is 13.2 Å². The van der Waals surface area contributed by atoms with Crippen LogP contribution in [0.25, 0.3) is 0 Å². The summed E-state index contributed by atoms with van der Waals surface area (Å²) < 4.78 is 16.8. The highest BCUT2D eigenvalue weighted by Crippen LogP contribution is 2.14. The summed E-state index contributed by atoms with van der Waals surface area (Å²) in [6.45, 7) is 6.54. The van der Waals surface area contributed by atoms with Crippen LogP contribution in [-0.4, -0.2) is 37.2 Å². The van der Waals surface area contributed by atoms with Crippen LogP contribution in [0.4, 0.5) is 0 Å². The Labute approximate surface area is 383 Å². The molecule has 0 N–H and O–H groups in total. The van der Waals surface area contributed by atoms with E-state index in [1.54, 1.807) is 0 Å². The fourth-order valence-corrected chi connectivity index (χ4v) is 7.19. The molecule has 0 aliphatic rings. The average molecular weight is 867 g/mol. The molecule has 0 spiro atoms. The number of unbranched alkanes of at least 4 members (excludes halogenated alkanes) is 26. The monoisotopic (exact) mass is 867 g/mol. The van der Waals surface area contributed by atoms with E-state index in [0.29, 0.717) is 19.3 Å². The van der Waals surface area contributed by atoms with Gasteiger partial charge in [-0.25, -0.2) is 0 Å². The van der Waals surface area contributed by atoms with Crippen LogP contribution < -0.4 is 0 Å². The van der Waals surface area contributed by atoms with Crippen molar-refractivity contribution in [1.29, 1.82) is 0 Å². The molecule has 0 rings (SSSR count). The molecule has 0 aromatic rings. The lowest BCUT2D eigenvalue weighted by atomic mass is 10.1. The second-order valence-corrected chi connectivity index (χ2v) is 17.4. The Morgan fingerprint density at radius 1 is 0.323 bits per heavy atom. The molecule has 62 heavy (non-hydrogen) atoms. The van der Waals surface area contributed by atoms with E-state index < -0.39 is 6.10 Å². The van der Waals surface area contributed by atoms with Crippen LogP contribution in [-0.2, 0) is 28.6 Å². The largest absolute Gasteiger partial charge is 0.462 e. The minimum atomic E-state index is -0.789. The second-order valence-electron chi connectivity index (χ2n) is 17.4. The van der Waals surface area contributed by atoms with Gasteiger partial charge in [-0.05, 0) is 103 Å². The summed E-state index contributed by atoms with van der Waals surface area (Å²) in [6.07, 6.45) is 61.9. The zero-order chi connectivity index (χ0) is 45.1. The van der Waals surface area contributed by atoms with Crippen molar-refractivity contribution in [3.8, 4) is 0 Å². The maximum Gasteiger partial charge on any atom is 0.306 e. The highest BCUT2D eigenvalue weighted by molar-refractivity contribution is 5.71. The molecule has 1 unspecified atom stereocenters. The third kappa shape index (κ3) is 48.1. The minimum Gasteiger partial charge on any atom is -0.462 e. The van der Waals surface area contributed by atoms with Crippen LogP contribution in [0, 0.1) is 0 Å². The Balaban J connectivity index is 4.44. The van der Waals surface area contributed by atoms with Crippen LogP contribution in [0.2, 0.25) is 0 Å². The molecule has 1 atom stereocenters. The van der Waals surface area contributed by atoms with Gasteiger partial charge in [0.25, 0.3) is 0 Å². The van der Waals surface area contributed by atoms with Gasteiger partial charge >= 0.3 is 17.9 Å². The summed E-state index contributed by atoms with van der Waals surface area (Å²) >= 11 is 0. The molecule has 0 saturated heterocycles. The number of carbonyl (C=O) groups is 3. The molecule has 0 heterocycles. The molecule has 6 nitrogen and oxygen atoms in total. The number of hydrogen-bond acceptors (Lipinski definition) is 6. The Hall–Kier alpha value is -2.89. The van der Waals surface area contributed by atoms with Crippen molar-refractivity contribution >= 4 is 17.9 Å². The Morgan fingerprint density at radius 3 is 0.984 bits per heavy atom. The molecule has 0 amide bonds. The van der Waals surface area contributed by atoms with E-state index in [0.717, 1.165) is 109 Å². The van der Waals surface area contributed by atoms with Crippen LogP contribution >= 0.6 is 0 Å². The summed E-state index contributed by atoms with van der Waals surface area (Å²) in [6, 6.07) is 0. The van der Waals surface area contributed by atoms with Gasteiger partial charge in [-0.1, -0.05) is 197 Å². The molecular weight excluding hydrogens is 769 g/mol. The zero-order valence-electron chi connectivity index (χ0n) is 40.9. The molecular formula is C56H98O6. The van der Waals surface area contributed by atoms with Crippen molar-refractivity contribution in [1.82, 2.24) is 0 Å². The van der Waals surface area contributed by atoms with Gasteiger partial charge in [0.05, 0.1) is 0 Å². The van der Waals surface area contributed by atoms with Crippen molar-refractivity contribution in [2.45, 2.75) is 264 Å². The van der Waals surface area contributed by atoms with E-state index in [4.69, 9.17) is 14.2 Å². The van der Waals surface area contributed by atoms with Crippen molar-refractivity contribution in [2.24, 2.45) is 0 Å². The van der Waals surface area contributed by atoms with Crippen LogP contribution in [0.3, 0.4) is 0 Å². The zero-order valence-corrected chi connectivity index (χ0v) is 40.9. The van der Waals surface area contributed by atoms with Gasteiger partial charge in [-0.3, -0.25) is 14.4 Å². The summed E-state index contributed by atoms with van der Waals surface area (Å²) in [5, 5.41) is 0. The van der Waals surface area contributed by atoms with E-state index in [1.807, 2.05) is 0 Å². The second kappa shape index (κ2) is 50.8. The molecule has 0 bridgehead atoms. The van der Waals surface area contributed by atoms with Gasteiger partial charge in [0, 0.05) is 19.3 Å². The molecule has 6 heteroatoms. The van der Waals surface area contributed by atoms with Gasteiger partial charge in [-0.15, -0.1) is 0 Å². The molecule has 0 radical (unpaired) electrons. The summed E-state index contributed by atoms with van der Waals surface area (Å²) in [5.74, 6) is -0.920. The predicted octanol–water partition coefficient (Wildman–Crippen LogP) is 17.3. The average Bonchev–Trinajstić information content (AvgIpc) is 3.27. The maximum absolute atomic E-state index is 12.8. The fraction of sp³-hybridized carbons (Fsp3) is 0.768. The predicted molar refractivity (Wildman–Crippen MR) is 265 cm³/mol. The first-order valence-corrected chi connectivity index (χ1v) is 26.3. The van der Waals surface area contributed by atoms with Gasteiger partial charge < -0.3 is 14.2 Å². The van der Waals surface area contributed by atoms with Crippen LogP contribution in [0.1, 0.15) is 258 Å². The molecule has 0 aliphatic heterocycles. The van der Waals surface area contributed by atoms with E-state index in [9.17, 15) is 14.4 Å². The van der Waals surface area contributed by atoms with Gasteiger partial charge in [0.15, 0.2) is 6.10 Å². The SMILES string of the molecule is CCCC/C=C\C/C=C\CCCCCCCC(=O)OCC(COC(=O)CCCCCCC/C=C\C/C=C\CCCCC)OC(=O)CCCCCCC/C=C\CCCCCCCC. The number of esters is 3. The van der Waals surface area contributed by atoms with E-state index in [-0.39, 0.29) is 31.1 Å². The summed E-state index contributed by atoms with van der Waals surface area (Å²) in [5.41, 5.74) is 0. The Bertz CT molecular complexity index is 1130. The number of allylic oxidation sites excluding steroid dienone is 10. The fourth-order valence-electron chi connectivity index (χ4n) is 7.19. The normalized spacial score (nSPS) is 12.5. The van der Waals surface area contributed by atoms with Gasteiger partial charge in [0.2, 0.25) is 0 Å². The van der Waals surface area contributed by atoms with Crippen molar-refractivity contribution < 1.29 is 28.6 Å². The quantitative estimate of drug-likeness (QED) is 0.0262. The van der Waals surface area contributed by atoms with Crippen molar-refractivity contribution in [3.05, 3.63) is 60.8 Å². The third-order valence-electron chi connectivity index (χ3n) is 11.2. The molecule has 0 aromatic heterocycles. The maximum atomic E-state index is 12.8. The molecule has 0 fully saturated rings. The molecule has 358 valence electrons. The topological polar surface area (TPSA) is 78.9 Å². The van der Waals surface area contributed by atoms with Gasteiger partial charge in [-0.2, -0.15) is 0 Å². The number of ether oxygens (including phenoxy) is 3. The number of carbonyl (C=O) groups excluding carboxylic acids is 3. The minimum absolute atomic E-state index is 0.0892. The first-order valence-electron chi connectivity index (χ1n) is 26.3. The number of hydrogen-bond donors (Lipinski definition) is 0. The Morgan fingerprint density at radius 2 is 0.597 bits per heavy atom. The van der Waals surface area contributed by atoms with E-state index in [1.165, 1.54) is 109 Å². The molecule has 0 aliphatic carbocycles. The van der Waals surface area contributed by atoms with Gasteiger partial charge in [0.1, 0.15) is 13.2 Å². The smallest absolute Gasteiger partial charge is 0.306 e. The van der Waals surface area contributed by atoms with Crippen LogP contribution in [0.5, 0.6) is 0 Å². The Kier molecular flexibility index (Phi) is 48.4. The molecule has 0 saturated carbocycles. The standard InChI is InChI=1S/C56H98O6/c1-4-7-10-13-16-19-22-25-28-31-34-37-40-43-46-49-55(58)61-52-53(51-60-54(57)48-45-42-39-36-33-30-27-24-21-18-15-12-9-6-3)62-56(59)50-47-44-41-38-35-32-29-26-23-20-17-14-11-8-5-2/h15-16,18-19,24-29,53H,4-14,17,20-23,30-52H2,1-3H3/b18-15-,19-16-,27-24-,28-25-,29-26-. The lowest BCUT2D eigenvalue weighted by Crippen LogP contribution is -2.30. The van der Waals surface area contributed by atoms with Crippen molar-refractivity contribution in [3.63, 3.8) is 0 Å². The third-order valence-corrected chi connectivity index (χ3v) is 11.2. The lowest BCUT2D eigenvalue weighted by molar-refractivity contribution is -0.167. The lowest BCUT2D eigenvalue weighted by Gasteiger charge is -2.18. The summed E-state index contributed by atoms with van der Waals surface area (Å²) in [4.78, 5) is 38.0. The molecule has 0 aromatic carbocycles. The van der Waals surface area contributed by atoms with E-state index in [2.05, 4.69) is 81.5 Å².